The molecule has 1 heterocycles. The molecule has 0 unspecified atom stereocenters. The van der Waals surface area contributed by atoms with Crippen LogP contribution in [0.3, 0.4) is 0 Å². The molecular formula is C8H7BrN4. The van der Waals surface area contributed by atoms with Gasteiger partial charge in [-0.05, 0) is 24.3 Å². The van der Waals surface area contributed by atoms with Crippen molar-refractivity contribution >= 4 is 21.7 Å². The number of benzene rings is 1. The molecular weight excluding hydrogens is 232 g/mol. The molecule has 1 aromatic heterocycles. The Balaban J connectivity index is 2.47. The second-order valence-corrected chi connectivity index (χ2v) is 3.46. The smallest absolute Gasteiger partial charge is 0.147 e. The van der Waals surface area contributed by atoms with Crippen molar-refractivity contribution in [3.05, 3.63) is 34.9 Å². The van der Waals surface area contributed by atoms with Crippen LogP contribution in [0.15, 0.2) is 34.9 Å². The van der Waals surface area contributed by atoms with Crippen molar-refractivity contribution in [1.29, 1.82) is 0 Å². The highest BCUT2D eigenvalue weighted by Crippen LogP contribution is 2.14. The standard InChI is InChI=1S/C8H7BrN4/c9-6-1-3-7(4-2-6)13-8(10)5-11-12-13/h1-5H,10H2. The summed E-state index contributed by atoms with van der Waals surface area (Å²) in [6.45, 7) is 0. The van der Waals surface area contributed by atoms with E-state index in [4.69, 9.17) is 5.73 Å². The van der Waals surface area contributed by atoms with Gasteiger partial charge in [-0.15, -0.1) is 5.10 Å². The third kappa shape index (κ3) is 1.55. The summed E-state index contributed by atoms with van der Waals surface area (Å²) >= 11 is 3.35. The maximum absolute atomic E-state index is 5.64. The summed E-state index contributed by atoms with van der Waals surface area (Å²) in [4.78, 5) is 0. The maximum Gasteiger partial charge on any atom is 0.147 e. The molecule has 0 amide bonds. The van der Waals surface area contributed by atoms with Crippen molar-refractivity contribution in [1.82, 2.24) is 15.0 Å². The molecule has 0 aliphatic rings. The molecule has 66 valence electrons. The van der Waals surface area contributed by atoms with Crippen molar-refractivity contribution in [2.45, 2.75) is 0 Å². The molecule has 0 fully saturated rings. The Kier molecular flexibility index (Phi) is 2.02. The molecule has 0 aliphatic heterocycles. The zero-order valence-electron chi connectivity index (χ0n) is 6.68. The molecule has 5 heteroatoms. The maximum atomic E-state index is 5.64. The van der Waals surface area contributed by atoms with Gasteiger partial charge in [0.05, 0.1) is 11.9 Å². The van der Waals surface area contributed by atoms with Crippen LogP contribution in [-0.2, 0) is 0 Å². The summed E-state index contributed by atoms with van der Waals surface area (Å²) in [7, 11) is 0. The van der Waals surface area contributed by atoms with Gasteiger partial charge in [0.25, 0.3) is 0 Å². The summed E-state index contributed by atoms with van der Waals surface area (Å²) in [5.74, 6) is 0.530. The van der Waals surface area contributed by atoms with E-state index in [2.05, 4.69) is 26.2 Å². The summed E-state index contributed by atoms with van der Waals surface area (Å²) in [6.07, 6.45) is 1.52. The van der Waals surface area contributed by atoms with Crippen LogP contribution in [0.1, 0.15) is 0 Å². The fraction of sp³-hybridized carbons (Fsp3) is 0. The Morgan fingerprint density at radius 1 is 1.23 bits per heavy atom. The molecule has 0 atom stereocenters. The lowest BCUT2D eigenvalue weighted by Gasteiger charge is -2.01. The van der Waals surface area contributed by atoms with Gasteiger partial charge >= 0.3 is 0 Å². The van der Waals surface area contributed by atoms with E-state index in [1.54, 1.807) is 4.68 Å². The first-order valence-electron chi connectivity index (χ1n) is 3.69. The number of nitrogens with two attached hydrogens (primary N) is 1. The lowest BCUT2D eigenvalue weighted by molar-refractivity contribution is 0.809. The number of rotatable bonds is 1. The van der Waals surface area contributed by atoms with Gasteiger partial charge in [0.2, 0.25) is 0 Å². The third-order valence-electron chi connectivity index (χ3n) is 1.65. The number of hydrogen-bond acceptors (Lipinski definition) is 3. The number of aromatic nitrogens is 3. The van der Waals surface area contributed by atoms with Gasteiger partial charge in [0.15, 0.2) is 0 Å². The van der Waals surface area contributed by atoms with Crippen molar-refractivity contribution in [3.8, 4) is 5.69 Å². The molecule has 2 N–H and O–H groups in total. The van der Waals surface area contributed by atoms with Crippen LogP contribution >= 0.6 is 15.9 Å². The van der Waals surface area contributed by atoms with E-state index < -0.39 is 0 Å². The van der Waals surface area contributed by atoms with Crippen LogP contribution in [0.25, 0.3) is 5.69 Å². The highest BCUT2D eigenvalue weighted by molar-refractivity contribution is 9.10. The average Bonchev–Trinajstić information content (AvgIpc) is 2.53. The van der Waals surface area contributed by atoms with Gasteiger partial charge in [-0.3, -0.25) is 0 Å². The van der Waals surface area contributed by atoms with Gasteiger partial charge in [0, 0.05) is 4.47 Å². The van der Waals surface area contributed by atoms with E-state index >= 15 is 0 Å². The molecule has 0 bridgehead atoms. The fourth-order valence-corrected chi connectivity index (χ4v) is 1.29. The molecule has 0 saturated heterocycles. The van der Waals surface area contributed by atoms with Crippen LogP contribution in [0.2, 0.25) is 0 Å². The minimum Gasteiger partial charge on any atom is -0.382 e. The van der Waals surface area contributed by atoms with E-state index in [1.807, 2.05) is 24.3 Å². The lowest BCUT2D eigenvalue weighted by Crippen LogP contribution is -2.01. The highest BCUT2D eigenvalue weighted by Gasteiger charge is 2.00. The molecule has 4 nitrogen and oxygen atoms in total. The van der Waals surface area contributed by atoms with Gasteiger partial charge in [-0.2, -0.15) is 4.68 Å². The minimum atomic E-state index is 0.530. The van der Waals surface area contributed by atoms with Crippen LogP contribution < -0.4 is 5.73 Å². The largest absolute Gasteiger partial charge is 0.382 e. The predicted octanol–water partition coefficient (Wildman–Crippen LogP) is 1.61. The zero-order valence-corrected chi connectivity index (χ0v) is 8.27. The van der Waals surface area contributed by atoms with E-state index in [-0.39, 0.29) is 0 Å². The van der Waals surface area contributed by atoms with E-state index in [9.17, 15) is 0 Å². The topological polar surface area (TPSA) is 56.7 Å². The molecule has 1 aromatic carbocycles. The van der Waals surface area contributed by atoms with E-state index in [0.29, 0.717) is 5.82 Å². The van der Waals surface area contributed by atoms with Gasteiger partial charge in [-0.1, -0.05) is 21.1 Å². The Morgan fingerprint density at radius 3 is 2.46 bits per heavy atom. The van der Waals surface area contributed by atoms with Crippen LogP contribution in [0, 0.1) is 0 Å². The number of nitrogen functional groups attached to an aromatic ring is 1. The highest BCUT2D eigenvalue weighted by atomic mass is 79.9. The van der Waals surface area contributed by atoms with Crippen LogP contribution in [0.5, 0.6) is 0 Å². The van der Waals surface area contributed by atoms with E-state index in [0.717, 1.165) is 10.2 Å². The number of hydrogen-bond donors (Lipinski definition) is 1. The first-order valence-corrected chi connectivity index (χ1v) is 4.49. The molecule has 2 rings (SSSR count). The van der Waals surface area contributed by atoms with Crippen LogP contribution in [0.4, 0.5) is 5.82 Å². The SMILES string of the molecule is Nc1cnnn1-c1ccc(Br)cc1. The minimum absolute atomic E-state index is 0.530. The average molecular weight is 239 g/mol. The van der Waals surface area contributed by atoms with Gasteiger partial charge in [0.1, 0.15) is 5.82 Å². The Morgan fingerprint density at radius 2 is 1.92 bits per heavy atom. The van der Waals surface area contributed by atoms with Gasteiger partial charge in [-0.25, -0.2) is 0 Å². The number of anilines is 1. The summed E-state index contributed by atoms with van der Waals surface area (Å²) in [5.41, 5.74) is 6.54. The van der Waals surface area contributed by atoms with Crippen LogP contribution in [-0.4, -0.2) is 15.0 Å². The molecule has 0 radical (unpaired) electrons. The second kappa shape index (κ2) is 3.18. The summed E-state index contributed by atoms with van der Waals surface area (Å²) in [6, 6.07) is 7.68. The predicted molar refractivity (Wildman–Crippen MR) is 53.5 cm³/mol. The van der Waals surface area contributed by atoms with Crippen molar-refractivity contribution in [2.75, 3.05) is 5.73 Å². The van der Waals surface area contributed by atoms with Gasteiger partial charge < -0.3 is 5.73 Å². The van der Waals surface area contributed by atoms with Crippen molar-refractivity contribution in [2.24, 2.45) is 0 Å². The molecule has 0 saturated carbocycles. The molecule has 0 spiro atoms. The summed E-state index contributed by atoms with van der Waals surface area (Å²) in [5, 5.41) is 7.54. The Labute approximate surface area is 83.5 Å². The molecule has 2 aromatic rings. The second-order valence-electron chi connectivity index (χ2n) is 2.55. The normalized spacial score (nSPS) is 10.2. The quantitative estimate of drug-likeness (QED) is 0.822. The first-order chi connectivity index (χ1) is 6.27. The molecule has 0 aliphatic carbocycles. The lowest BCUT2D eigenvalue weighted by atomic mass is 10.3. The van der Waals surface area contributed by atoms with Crippen molar-refractivity contribution in [3.63, 3.8) is 0 Å². The summed E-state index contributed by atoms with van der Waals surface area (Å²) < 4.78 is 2.60. The first kappa shape index (κ1) is 8.25. The third-order valence-corrected chi connectivity index (χ3v) is 2.18. The Bertz CT molecular complexity index is 406. The monoisotopic (exact) mass is 238 g/mol. The Hall–Kier alpha value is -1.36. The number of halogens is 1. The molecule has 13 heavy (non-hydrogen) atoms. The fourth-order valence-electron chi connectivity index (χ4n) is 1.03. The van der Waals surface area contributed by atoms with E-state index in [1.165, 1.54) is 6.20 Å². The number of nitrogens with zero attached hydrogens (tertiary/aromatic N) is 3. The zero-order chi connectivity index (χ0) is 9.26. The van der Waals surface area contributed by atoms with Crippen molar-refractivity contribution < 1.29 is 0 Å².